The zero-order valence-electron chi connectivity index (χ0n) is 30.6. The largest absolute Gasteiger partial charge is 0.497 e. The highest BCUT2D eigenvalue weighted by atomic mass is 35.5. The highest BCUT2D eigenvalue weighted by Crippen LogP contribution is 2.71. The van der Waals surface area contributed by atoms with E-state index in [2.05, 4.69) is 0 Å². The third kappa shape index (κ3) is 7.19. The molecule has 13 heteroatoms. The number of rotatable bonds is 12. The Labute approximate surface area is 335 Å². The van der Waals surface area contributed by atoms with Crippen LogP contribution in [0, 0.1) is 16.7 Å². The Morgan fingerprint density at radius 1 is 0.839 bits per heavy atom. The molecule has 0 amide bonds. The minimum Gasteiger partial charge on any atom is -0.497 e. The van der Waals surface area contributed by atoms with Gasteiger partial charge in [-0.1, -0.05) is 73.6 Å². The summed E-state index contributed by atoms with van der Waals surface area (Å²) >= 11 is 7.87. The number of benzene rings is 5. The minimum atomic E-state index is -4.64. The Kier molecular flexibility index (Phi) is 10.8. The van der Waals surface area contributed by atoms with Crippen molar-refractivity contribution in [1.29, 1.82) is 0 Å². The molecule has 0 aromatic heterocycles. The second kappa shape index (κ2) is 15.0. The molecule has 2 bridgehead atoms. The van der Waals surface area contributed by atoms with Crippen molar-refractivity contribution in [2.45, 2.75) is 63.8 Å². The Balaban J connectivity index is 1.35. The molecule has 56 heavy (non-hydrogen) atoms. The summed E-state index contributed by atoms with van der Waals surface area (Å²) < 4.78 is 82.8. The number of hydrogen-bond donors (Lipinski definition) is 0. The fourth-order valence-electron chi connectivity index (χ4n) is 8.09. The standard InChI is InChI=1S/C43H38ClF3O6S3/c1-41(2)30-24-25-42(41,38(48)26-30)27-55(50,51)53-56(34-20-14-31(52-3)15-21-34,33-18-12-29(13-19-33)43(45,46)47)35-22-16-32(17-23-35)54-37-11-7-10-36(44)39(37)40(49)28-8-5-4-6-9-28/h4-23,30H,24-27H2,1-3H3. The number of fused-ring (bicyclic) bond motifs is 2. The van der Waals surface area contributed by atoms with Crippen molar-refractivity contribution in [2.75, 3.05) is 12.9 Å². The van der Waals surface area contributed by atoms with E-state index in [9.17, 15) is 31.2 Å². The van der Waals surface area contributed by atoms with Crippen LogP contribution in [0.1, 0.15) is 54.6 Å². The predicted octanol–water partition coefficient (Wildman–Crippen LogP) is 11.7. The van der Waals surface area contributed by atoms with Crippen LogP contribution in [0.25, 0.3) is 0 Å². The van der Waals surface area contributed by atoms with Gasteiger partial charge >= 0.3 is 6.18 Å². The third-order valence-electron chi connectivity index (χ3n) is 11.3. The van der Waals surface area contributed by atoms with E-state index in [1.165, 1.54) is 31.0 Å². The van der Waals surface area contributed by atoms with Gasteiger partial charge in [0, 0.05) is 36.5 Å². The lowest BCUT2D eigenvalue weighted by Gasteiger charge is -2.41. The van der Waals surface area contributed by atoms with Crippen molar-refractivity contribution in [3.8, 4) is 5.75 Å². The van der Waals surface area contributed by atoms with Gasteiger partial charge in [-0.25, -0.2) is 3.63 Å². The molecule has 2 fully saturated rings. The first kappa shape index (κ1) is 40.1. The normalized spacial score (nSPS) is 20.7. The van der Waals surface area contributed by atoms with Gasteiger partial charge in [0.25, 0.3) is 10.1 Å². The van der Waals surface area contributed by atoms with Gasteiger partial charge in [-0.15, -0.1) is 0 Å². The molecule has 2 aliphatic rings. The van der Waals surface area contributed by atoms with Crippen molar-refractivity contribution in [1.82, 2.24) is 0 Å². The molecule has 0 saturated heterocycles. The quantitative estimate of drug-likeness (QED) is 0.116. The number of carbonyl (C=O) groups is 2. The predicted molar refractivity (Wildman–Crippen MR) is 212 cm³/mol. The number of ketones is 2. The lowest BCUT2D eigenvalue weighted by molar-refractivity contribution is -0.137. The first-order valence-corrected chi connectivity index (χ1v) is 22.1. The van der Waals surface area contributed by atoms with Crippen LogP contribution in [-0.4, -0.2) is 32.8 Å². The number of methoxy groups -OCH3 is 1. The molecule has 0 aliphatic heterocycles. The van der Waals surface area contributed by atoms with Gasteiger partial charge in [-0.05, 0) is 119 Å². The third-order valence-corrected chi connectivity index (χ3v) is 18.0. The molecule has 5 aromatic carbocycles. The van der Waals surface area contributed by atoms with E-state index >= 15 is 0 Å². The number of ether oxygens (including phenoxy) is 1. The Morgan fingerprint density at radius 2 is 1.43 bits per heavy atom. The molecule has 0 heterocycles. The monoisotopic (exact) mass is 838 g/mol. The first-order valence-electron chi connectivity index (χ1n) is 17.8. The number of halogens is 4. The zero-order valence-corrected chi connectivity index (χ0v) is 33.8. The molecule has 0 radical (unpaired) electrons. The first-order chi connectivity index (χ1) is 26.5. The fourth-order valence-corrected chi connectivity index (χ4v) is 15.4. The second-order valence-electron chi connectivity index (χ2n) is 14.6. The highest BCUT2D eigenvalue weighted by Gasteiger charge is 2.66. The summed E-state index contributed by atoms with van der Waals surface area (Å²) in [6.07, 6.45) is -3.23. The van der Waals surface area contributed by atoms with Crippen LogP contribution in [0.15, 0.2) is 146 Å². The summed E-state index contributed by atoms with van der Waals surface area (Å²) in [5.74, 6) is -0.406. The van der Waals surface area contributed by atoms with Crippen molar-refractivity contribution in [3.63, 3.8) is 0 Å². The molecule has 3 unspecified atom stereocenters. The second-order valence-corrected chi connectivity index (χ2v) is 20.6. The molecule has 5 aromatic rings. The van der Waals surface area contributed by atoms with E-state index in [0.29, 0.717) is 55.7 Å². The Morgan fingerprint density at radius 3 is 1.96 bits per heavy atom. The summed E-state index contributed by atoms with van der Waals surface area (Å²) in [4.78, 5) is 29.3. The maximum atomic E-state index is 14.6. The number of alkyl halides is 3. The van der Waals surface area contributed by atoms with Gasteiger partial charge in [0.15, 0.2) is 5.78 Å². The molecular formula is C43H38ClF3O6S3. The lowest BCUT2D eigenvalue weighted by Crippen LogP contribution is -2.42. The molecule has 3 atom stereocenters. The van der Waals surface area contributed by atoms with Gasteiger partial charge < -0.3 is 4.74 Å². The molecule has 6 nitrogen and oxygen atoms in total. The van der Waals surface area contributed by atoms with Gasteiger partial charge in [0.2, 0.25) is 0 Å². The summed E-state index contributed by atoms with van der Waals surface area (Å²) in [5.41, 5.74) is -1.86. The minimum absolute atomic E-state index is 0.0480. The fraction of sp³-hybridized carbons (Fsp3) is 0.256. The smallest absolute Gasteiger partial charge is 0.416 e. The SMILES string of the molecule is COc1ccc(S(OS(=O)(=O)CC23CCC(CC2=O)C3(C)C)(c2ccc(Sc3cccc(Cl)c3C(=O)c3ccccc3)cc2)c2ccc(C(F)(F)F)cc2)cc1. The number of Topliss-reactive ketones (excluding diaryl/α,β-unsaturated/α-hetero) is 1. The molecule has 292 valence electrons. The molecule has 7 rings (SSSR count). The van der Waals surface area contributed by atoms with E-state index in [4.69, 9.17) is 20.0 Å². The average Bonchev–Trinajstić information content (AvgIpc) is 3.52. The van der Waals surface area contributed by atoms with Crippen LogP contribution in [-0.2, 0) is 24.7 Å². The van der Waals surface area contributed by atoms with Crippen LogP contribution in [0.3, 0.4) is 0 Å². The van der Waals surface area contributed by atoms with Gasteiger partial charge in [0.05, 0.1) is 34.4 Å². The van der Waals surface area contributed by atoms with E-state index in [-0.39, 0.29) is 27.4 Å². The van der Waals surface area contributed by atoms with Crippen molar-refractivity contribution in [2.24, 2.45) is 16.7 Å². The summed E-state index contributed by atoms with van der Waals surface area (Å²) in [7, 11) is -6.44. The number of hydrogen-bond acceptors (Lipinski definition) is 7. The molecule has 0 N–H and O–H groups in total. The molecule has 0 spiro atoms. The highest BCUT2D eigenvalue weighted by molar-refractivity contribution is 8.33. The Hall–Kier alpha value is -4.07. The molecule has 2 saturated carbocycles. The van der Waals surface area contributed by atoms with E-state index < -0.39 is 48.7 Å². The lowest BCUT2D eigenvalue weighted by atomic mass is 9.70. The average molecular weight is 839 g/mol. The molecular weight excluding hydrogens is 801 g/mol. The van der Waals surface area contributed by atoms with Crippen LogP contribution in [0.5, 0.6) is 5.75 Å². The maximum Gasteiger partial charge on any atom is 0.416 e. The van der Waals surface area contributed by atoms with Crippen LogP contribution in [0.4, 0.5) is 13.2 Å². The van der Waals surface area contributed by atoms with Gasteiger partial charge in [-0.3, -0.25) is 9.59 Å². The van der Waals surface area contributed by atoms with Crippen molar-refractivity contribution >= 4 is 55.4 Å². The van der Waals surface area contributed by atoms with Crippen LogP contribution >= 0.6 is 33.7 Å². The van der Waals surface area contributed by atoms with Crippen LogP contribution in [0.2, 0.25) is 5.02 Å². The van der Waals surface area contributed by atoms with Gasteiger partial charge in [-0.2, -0.15) is 21.6 Å². The van der Waals surface area contributed by atoms with Crippen molar-refractivity contribution in [3.05, 3.63) is 143 Å². The summed E-state index contributed by atoms with van der Waals surface area (Å²) in [6, 6.07) is 31.7. The Bertz CT molecular complexity index is 2390. The number of carbonyl (C=O) groups excluding carboxylic acids is 2. The van der Waals surface area contributed by atoms with Crippen LogP contribution < -0.4 is 4.74 Å². The van der Waals surface area contributed by atoms with E-state index in [0.717, 1.165) is 12.1 Å². The van der Waals surface area contributed by atoms with Crippen molar-refractivity contribution < 1.29 is 39.5 Å². The molecule has 2 aliphatic carbocycles. The summed E-state index contributed by atoms with van der Waals surface area (Å²) in [5, 5.41) is 0.279. The zero-order chi connectivity index (χ0) is 40.1. The summed E-state index contributed by atoms with van der Waals surface area (Å²) in [6.45, 7) is 3.86. The van der Waals surface area contributed by atoms with E-state index in [1.807, 2.05) is 19.9 Å². The van der Waals surface area contributed by atoms with Gasteiger partial charge in [0.1, 0.15) is 11.5 Å². The van der Waals surface area contributed by atoms with E-state index in [1.54, 1.807) is 91.0 Å². The topological polar surface area (TPSA) is 86.7 Å². The maximum absolute atomic E-state index is 14.6.